The summed E-state index contributed by atoms with van der Waals surface area (Å²) in [4.78, 5) is 0. The standard InChI is InChI=1S/C8H16N2O3S/c9-14(11,12)10-4-1-2-8(10)7-3-5-13-6-7/h7-8H,1-6H2,(H2,9,11,12)/t7-,8?/m0/s1. The van der Waals surface area contributed by atoms with Gasteiger partial charge in [-0.25, -0.2) is 5.14 Å². The minimum absolute atomic E-state index is 0.0764. The summed E-state index contributed by atoms with van der Waals surface area (Å²) in [7, 11) is -3.51. The predicted octanol–water partition coefficient (Wildman–Crippen LogP) is -0.309. The molecule has 0 aromatic rings. The van der Waals surface area contributed by atoms with E-state index in [0.717, 1.165) is 25.9 Å². The van der Waals surface area contributed by atoms with Gasteiger partial charge in [-0.1, -0.05) is 0 Å². The van der Waals surface area contributed by atoms with Crippen molar-refractivity contribution in [2.75, 3.05) is 19.8 Å². The molecule has 0 aromatic heterocycles. The van der Waals surface area contributed by atoms with Gasteiger partial charge >= 0.3 is 0 Å². The van der Waals surface area contributed by atoms with E-state index >= 15 is 0 Å². The topological polar surface area (TPSA) is 72.6 Å². The van der Waals surface area contributed by atoms with Crippen LogP contribution in [0.25, 0.3) is 0 Å². The zero-order chi connectivity index (χ0) is 10.2. The Balaban J connectivity index is 2.10. The van der Waals surface area contributed by atoms with Gasteiger partial charge < -0.3 is 4.74 Å². The monoisotopic (exact) mass is 220 g/mol. The molecular weight excluding hydrogens is 204 g/mol. The van der Waals surface area contributed by atoms with Crippen molar-refractivity contribution >= 4 is 10.2 Å². The maximum absolute atomic E-state index is 11.3. The lowest BCUT2D eigenvalue weighted by atomic mass is 9.98. The third kappa shape index (κ3) is 1.93. The average molecular weight is 220 g/mol. The van der Waals surface area contributed by atoms with Gasteiger partial charge in [-0.15, -0.1) is 0 Å². The SMILES string of the molecule is NS(=O)(=O)N1CCCC1[C@H]1CCOC1. The van der Waals surface area contributed by atoms with Gasteiger partial charge in [0.05, 0.1) is 6.61 Å². The van der Waals surface area contributed by atoms with E-state index in [2.05, 4.69) is 0 Å². The minimum Gasteiger partial charge on any atom is -0.381 e. The van der Waals surface area contributed by atoms with Crippen molar-refractivity contribution < 1.29 is 13.2 Å². The molecule has 0 spiro atoms. The van der Waals surface area contributed by atoms with E-state index < -0.39 is 10.2 Å². The second-order valence-electron chi connectivity index (χ2n) is 3.99. The first-order valence-corrected chi connectivity index (χ1v) is 6.46. The van der Waals surface area contributed by atoms with Crippen LogP contribution in [-0.4, -0.2) is 38.5 Å². The van der Waals surface area contributed by atoms with Crippen LogP contribution in [0.15, 0.2) is 0 Å². The van der Waals surface area contributed by atoms with Crippen LogP contribution in [0.4, 0.5) is 0 Å². The van der Waals surface area contributed by atoms with Crippen LogP contribution in [0.3, 0.4) is 0 Å². The average Bonchev–Trinajstić information content (AvgIpc) is 2.73. The van der Waals surface area contributed by atoms with E-state index in [-0.39, 0.29) is 6.04 Å². The molecule has 14 heavy (non-hydrogen) atoms. The molecule has 0 aromatic carbocycles. The summed E-state index contributed by atoms with van der Waals surface area (Å²) in [5.74, 6) is 0.343. The van der Waals surface area contributed by atoms with Crippen molar-refractivity contribution in [3.63, 3.8) is 0 Å². The second kappa shape index (κ2) is 3.77. The molecule has 0 amide bonds. The highest BCUT2D eigenvalue weighted by Crippen LogP contribution is 2.30. The highest BCUT2D eigenvalue weighted by Gasteiger charge is 2.38. The van der Waals surface area contributed by atoms with E-state index in [9.17, 15) is 8.42 Å². The van der Waals surface area contributed by atoms with Crippen molar-refractivity contribution in [2.45, 2.75) is 25.3 Å². The molecule has 0 radical (unpaired) electrons. The molecule has 0 aliphatic carbocycles. The number of nitrogens with two attached hydrogens (primary N) is 1. The minimum atomic E-state index is -3.51. The molecule has 1 unspecified atom stereocenters. The Morgan fingerprint density at radius 2 is 2.14 bits per heavy atom. The van der Waals surface area contributed by atoms with Gasteiger partial charge in [0.15, 0.2) is 0 Å². The van der Waals surface area contributed by atoms with Crippen molar-refractivity contribution in [1.82, 2.24) is 4.31 Å². The number of nitrogens with zero attached hydrogens (tertiary/aromatic N) is 1. The highest BCUT2D eigenvalue weighted by atomic mass is 32.2. The first kappa shape index (κ1) is 10.4. The second-order valence-corrected chi connectivity index (χ2v) is 5.49. The van der Waals surface area contributed by atoms with Gasteiger partial charge in [0, 0.05) is 25.1 Å². The fourth-order valence-corrected chi connectivity index (χ4v) is 3.45. The lowest BCUT2D eigenvalue weighted by Gasteiger charge is -2.25. The molecule has 2 aliphatic rings. The molecule has 2 heterocycles. The van der Waals surface area contributed by atoms with Crippen molar-refractivity contribution in [3.05, 3.63) is 0 Å². The Bertz CT molecular complexity index is 298. The van der Waals surface area contributed by atoms with Gasteiger partial charge in [-0.3, -0.25) is 0 Å². The zero-order valence-electron chi connectivity index (χ0n) is 8.05. The molecule has 82 valence electrons. The Morgan fingerprint density at radius 1 is 1.36 bits per heavy atom. The Hall–Kier alpha value is -0.170. The summed E-state index contributed by atoms with van der Waals surface area (Å²) in [6.07, 6.45) is 2.79. The molecule has 2 fully saturated rings. The largest absolute Gasteiger partial charge is 0.381 e. The highest BCUT2D eigenvalue weighted by molar-refractivity contribution is 7.86. The van der Waals surface area contributed by atoms with Crippen LogP contribution in [-0.2, 0) is 14.9 Å². The number of ether oxygens (including phenoxy) is 1. The van der Waals surface area contributed by atoms with Crippen molar-refractivity contribution in [3.8, 4) is 0 Å². The Labute approximate surface area is 84.4 Å². The molecule has 6 heteroatoms. The molecule has 2 N–H and O–H groups in total. The molecule has 5 nitrogen and oxygen atoms in total. The molecular formula is C8H16N2O3S. The number of rotatable bonds is 2. The molecule has 2 saturated heterocycles. The summed E-state index contributed by atoms with van der Waals surface area (Å²) < 4.78 is 29.2. The lowest BCUT2D eigenvalue weighted by Crippen LogP contribution is -2.43. The number of hydrogen-bond acceptors (Lipinski definition) is 3. The maximum atomic E-state index is 11.3. The van der Waals surface area contributed by atoms with E-state index in [1.807, 2.05) is 0 Å². The van der Waals surface area contributed by atoms with Crippen molar-refractivity contribution in [1.29, 1.82) is 0 Å². The van der Waals surface area contributed by atoms with Crippen LogP contribution >= 0.6 is 0 Å². The van der Waals surface area contributed by atoms with Crippen LogP contribution in [0.5, 0.6) is 0 Å². The van der Waals surface area contributed by atoms with Gasteiger partial charge in [-0.2, -0.15) is 12.7 Å². The molecule has 2 rings (SSSR count). The Kier molecular flexibility index (Phi) is 2.79. The van der Waals surface area contributed by atoms with Crippen LogP contribution < -0.4 is 5.14 Å². The predicted molar refractivity (Wildman–Crippen MR) is 51.8 cm³/mol. The van der Waals surface area contributed by atoms with Crippen LogP contribution in [0.2, 0.25) is 0 Å². The fraction of sp³-hybridized carbons (Fsp3) is 1.00. The molecule has 0 bridgehead atoms. The summed E-state index contributed by atoms with van der Waals surface area (Å²) >= 11 is 0. The number of hydrogen-bond donors (Lipinski definition) is 1. The third-order valence-corrected chi connectivity index (χ3v) is 4.19. The van der Waals surface area contributed by atoms with Gasteiger partial charge in [-0.05, 0) is 19.3 Å². The van der Waals surface area contributed by atoms with Gasteiger partial charge in [0.25, 0.3) is 10.2 Å². The molecule has 2 aliphatic heterocycles. The van der Waals surface area contributed by atoms with Gasteiger partial charge in [0.2, 0.25) is 0 Å². The van der Waals surface area contributed by atoms with Gasteiger partial charge in [0.1, 0.15) is 0 Å². The van der Waals surface area contributed by atoms with Crippen LogP contribution in [0.1, 0.15) is 19.3 Å². The van der Waals surface area contributed by atoms with E-state index in [0.29, 0.717) is 19.1 Å². The summed E-state index contributed by atoms with van der Waals surface area (Å²) in [5, 5.41) is 5.16. The maximum Gasteiger partial charge on any atom is 0.277 e. The van der Waals surface area contributed by atoms with Crippen LogP contribution in [0, 0.1) is 5.92 Å². The van der Waals surface area contributed by atoms with E-state index in [1.165, 1.54) is 4.31 Å². The lowest BCUT2D eigenvalue weighted by molar-refractivity contribution is 0.169. The Morgan fingerprint density at radius 3 is 2.71 bits per heavy atom. The molecule has 0 saturated carbocycles. The summed E-state index contributed by atoms with van der Waals surface area (Å²) in [6, 6.07) is 0.0764. The fourth-order valence-electron chi connectivity index (χ4n) is 2.41. The first-order valence-electron chi connectivity index (χ1n) is 4.96. The third-order valence-electron chi connectivity index (χ3n) is 3.08. The summed E-state index contributed by atoms with van der Waals surface area (Å²) in [6.45, 7) is 2.00. The quantitative estimate of drug-likeness (QED) is 0.694. The molecule has 2 atom stereocenters. The van der Waals surface area contributed by atoms with Crippen molar-refractivity contribution in [2.24, 2.45) is 11.1 Å². The first-order chi connectivity index (χ1) is 6.59. The normalized spacial score (nSPS) is 35.2. The summed E-state index contributed by atoms with van der Waals surface area (Å²) in [5.41, 5.74) is 0. The van der Waals surface area contributed by atoms with E-state index in [4.69, 9.17) is 9.88 Å². The smallest absolute Gasteiger partial charge is 0.277 e. The van der Waals surface area contributed by atoms with E-state index in [1.54, 1.807) is 0 Å². The zero-order valence-corrected chi connectivity index (χ0v) is 8.87.